The molecule has 1 heterocycles. The molecule has 0 aliphatic rings. The zero-order valence-corrected chi connectivity index (χ0v) is 11.9. The van der Waals surface area contributed by atoms with E-state index in [1.165, 1.54) is 0 Å². The third kappa shape index (κ3) is 3.81. The van der Waals surface area contributed by atoms with Crippen molar-refractivity contribution in [3.05, 3.63) is 30.1 Å². The molecule has 0 spiro atoms. The summed E-state index contributed by atoms with van der Waals surface area (Å²) in [5.41, 5.74) is 1.94. The van der Waals surface area contributed by atoms with E-state index in [9.17, 15) is 9.90 Å². The average molecular weight is 275 g/mol. The van der Waals surface area contributed by atoms with Crippen LogP contribution in [0, 0.1) is 5.92 Å². The van der Waals surface area contributed by atoms with E-state index in [0.717, 1.165) is 16.9 Å². The highest BCUT2D eigenvalue weighted by Gasteiger charge is 2.13. The van der Waals surface area contributed by atoms with Crippen molar-refractivity contribution in [1.82, 2.24) is 15.3 Å². The molecule has 0 aliphatic carbocycles. The number of imidazole rings is 1. The van der Waals surface area contributed by atoms with E-state index in [1.54, 1.807) is 0 Å². The number of carbonyl (C=O) groups is 1. The highest BCUT2D eigenvalue weighted by Crippen LogP contribution is 2.10. The van der Waals surface area contributed by atoms with Crippen molar-refractivity contribution in [2.24, 2.45) is 5.92 Å². The second-order valence-electron chi connectivity index (χ2n) is 5.32. The lowest BCUT2D eigenvalue weighted by Gasteiger charge is -2.13. The van der Waals surface area contributed by atoms with E-state index in [0.29, 0.717) is 13.0 Å². The lowest BCUT2D eigenvalue weighted by molar-refractivity contribution is -0.123. The number of aromatic amines is 1. The minimum absolute atomic E-state index is 0.0936. The highest BCUT2D eigenvalue weighted by atomic mass is 16.3. The molecule has 5 nitrogen and oxygen atoms in total. The number of carbonyl (C=O) groups excluding carboxylic acids is 1. The number of aliphatic hydroxyl groups excluding tert-OH is 1. The fourth-order valence-corrected chi connectivity index (χ4v) is 1.94. The topological polar surface area (TPSA) is 78.0 Å². The van der Waals surface area contributed by atoms with Gasteiger partial charge >= 0.3 is 0 Å². The smallest absolute Gasteiger partial charge is 0.222 e. The molecule has 1 unspecified atom stereocenters. The van der Waals surface area contributed by atoms with Crippen molar-refractivity contribution in [3.63, 3.8) is 0 Å². The molecule has 0 radical (unpaired) electrons. The first-order valence-corrected chi connectivity index (χ1v) is 6.94. The quantitative estimate of drug-likeness (QED) is 0.749. The van der Waals surface area contributed by atoms with Gasteiger partial charge < -0.3 is 15.4 Å². The molecule has 0 fully saturated rings. The molecule has 2 aromatic rings. The van der Waals surface area contributed by atoms with Crippen LogP contribution in [0.3, 0.4) is 0 Å². The van der Waals surface area contributed by atoms with Crippen molar-refractivity contribution in [2.75, 3.05) is 6.54 Å². The molecule has 5 heteroatoms. The first-order valence-electron chi connectivity index (χ1n) is 6.94. The lowest BCUT2D eigenvalue weighted by atomic mass is 10.0. The summed E-state index contributed by atoms with van der Waals surface area (Å²) >= 11 is 0. The van der Waals surface area contributed by atoms with Crippen molar-refractivity contribution in [2.45, 2.75) is 32.8 Å². The summed E-state index contributed by atoms with van der Waals surface area (Å²) in [4.78, 5) is 19.3. The predicted molar refractivity (Wildman–Crippen MR) is 78.3 cm³/mol. The van der Waals surface area contributed by atoms with Crippen LogP contribution < -0.4 is 5.32 Å². The number of nitrogens with zero attached hydrogens (tertiary/aromatic N) is 1. The number of nitrogens with one attached hydrogen (secondary N) is 2. The van der Waals surface area contributed by atoms with Crippen LogP contribution in [0.2, 0.25) is 0 Å². The zero-order chi connectivity index (χ0) is 14.5. The molecule has 1 aromatic heterocycles. The summed E-state index contributed by atoms with van der Waals surface area (Å²) in [5, 5.41) is 12.4. The normalized spacial score (nSPS) is 12.8. The molecule has 1 amide bonds. The first kappa shape index (κ1) is 14.5. The van der Waals surface area contributed by atoms with Gasteiger partial charge in [-0.05, 0) is 18.1 Å². The Balaban J connectivity index is 1.79. The van der Waals surface area contributed by atoms with Crippen LogP contribution in [0.15, 0.2) is 24.3 Å². The number of aliphatic hydroxyl groups is 1. The third-order valence-electron chi connectivity index (χ3n) is 3.29. The lowest BCUT2D eigenvalue weighted by Crippen LogP contribution is -2.31. The van der Waals surface area contributed by atoms with Gasteiger partial charge in [-0.1, -0.05) is 26.0 Å². The molecule has 3 N–H and O–H groups in total. The second kappa shape index (κ2) is 6.52. The number of fused-ring (bicyclic) bond motifs is 1. The van der Waals surface area contributed by atoms with Gasteiger partial charge in [-0.25, -0.2) is 4.98 Å². The minimum Gasteiger partial charge on any atom is -0.392 e. The Morgan fingerprint density at radius 1 is 1.40 bits per heavy atom. The van der Waals surface area contributed by atoms with Gasteiger partial charge in [-0.3, -0.25) is 4.79 Å². The molecule has 20 heavy (non-hydrogen) atoms. The van der Waals surface area contributed by atoms with Crippen LogP contribution in [0.4, 0.5) is 0 Å². The maximum absolute atomic E-state index is 11.6. The van der Waals surface area contributed by atoms with Gasteiger partial charge in [0.2, 0.25) is 5.91 Å². The Morgan fingerprint density at radius 3 is 2.85 bits per heavy atom. The largest absolute Gasteiger partial charge is 0.392 e. The number of rotatable bonds is 6. The summed E-state index contributed by atoms with van der Waals surface area (Å²) < 4.78 is 0. The van der Waals surface area contributed by atoms with Gasteiger partial charge in [0.1, 0.15) is 5.82 Å². The molecule has 0 aliphatic heterocycles. The Bertz CT molecular complexity index is 544. The van der Waals surface area contributed by atoms with E-state index in [4.69, 9.17) is 0 Å². The van der Waals surface area contributed by atoms with E-state index in [-0.39, 0.29) is 18.2 Å². The Morgan fingerprint density at radius 2 is 2.15 bits per heavy atom. The summed E-state index contributed by atoms with van der Waals surface area (Å²) in [6.45, 7) is 4.31. The van der Waals surface area contributed by atoms with Crippen LogP contribution in [0.5, 0.6) is 0 Å². The molecular weight excluding hydrogens is 254 g/mol. The van der Waals surface area contributed by atoms with Crippen LogP contribution >= 0.6 is 0 Å². The van der Waals surface area contributed by atoms with Crippen molar-refractivity contribution in [3.8, 4) is 0 Å². The Labute approximate surface area is 118 Å². The van der Waals surface area contributed by atoms with Crippen LogP contribution in [0.1, 0.15) is 26.1 Å². The van der Waals surface area contributed by atoms with E-state index in [2.05, 4.69) is 15.3 Å². The van der Waals surface area contributed by atoms with Gasteiger partial charge in [0.25, 0.3) is 0 Å². The van der Waals surface area contributed by atoms with Crippen molar-refractivity contribution in [1.29, 1.82) is 0 Å². The highest BCUT2D eigenvalue weighted by molar-refractivity contribution is 5.76. The molecule has 0 saturated carbocycles. The number of para-hydroxylation sites is 2. The van der Waals surface area contributed by atoms with Gasteiger partial charge in [0.15, 0.2) is 0 Å². The summed E-state index contributed by atoms with van der Waals surface area (Å²) in [5.74, 6) is 0.828. The van der Waals surface area contributed by atoms with Gasteiger partial charge in [-0.2, -0.15) is 0 Å². The van der Waals surface area contributed by atoms with E-state index >= 15 is 0 Å². The third-order valence-corrected chi connectivity index (χ3v) is 3.29. The van der Waals surface area contributed by atoms with E-state index in [1.807, 2.05) is 38.1 Å². The van der Waals surface area contributed by atoms with Crippen molar-refractivity contribution >= 4 is 16.9 Å². The summed E-state index contributed by atoms with van der Waals surface area (Å²) in [6, 6.07) is 7.83. The maximum Gasteiger partial charge on any atom is 0.222 e. The fourth-order valence-electron chi connectivity index (χ4n) is 1.94. The minimum atomic E-state index is -0.582. The Hall–Kier alpha value is -1.88. The summed E-state index contributed by atoms with van der Waals surface area (Å²) in [6.07, 6.45) is 0.219. The van der Waals surface area contributed by atoms with Crippen LogP contribution in [0.25, 0.3) is 11.0 Å². The molecule has 1 aromatic carbocycles. The van der Waals surface area contributed by atoms with Crippen LogP contribution in [-0.2, 0) is 11.2 Å². The monoisotopic (exact) mass is 275 g/mol. The van der Waals surface area contributed by atoms with E-state index < -0.39 is 6.10 Å². The molecule has 0 bridgehead atoms. The number of aromatic nitrogens is 2. The number of H-pyrrole nitrogens is 1. The predicted octanol–water partition coefficient (Wildman–Crippen LogP) is 1.63. The van der Waals surface area contributed by atoms with Gasteiger partial charge in [0.05, 0.1) is 23.6 Å². The standard InChI is InChI=1S/C15H21N3O2/c1-10(2)13(19)9-15(20)16-8-7-14-17-11-5-3-4-6-12(11)18-14/h3-6,10,13,19H,7-9H2,1-2H3,(H,16,20)(H,17,18). The number of hydrogen-bond donors (Lipinski definition) is 3. The Kier molecular flexibility index (Phi) is 4.74. The fraction of sp³-hybridized carbons (Fsp3) is 0.467. The van der Waals surface area contributed by atoms with Crippen LogP contribution in [-0.4, -0.2) is 33.6 Å². The van der Waals surface area contributed by atoms with Gasteiger partial charge in [0, 0.05) is 13.0 Å². The van der Waals surface area contributed by atoms with Crippen molar-refractivity contribution < 1.29 is 9.90 Å². The summed E-state index contributed by atoms with van der Waals surface area (Å²) in [7, 11) is 0. The zero-order valence-electron chi connectivity index (χ0n) is 11.9. The SMILES string of the molecule is CC(C)C(O)CC(=O)NCCc1nc2ccccc2[nH]1. The molecule has 2 rings (SSSR count). The maximum atomic E-state index is 11.6. The molecule has 0 saturated heterocycles. The molecule has 1 atom stereocenters. The average Bonchev–Trinajstić information content (AvgIpc) is 2.81. The molecular formula is C15H21N3O2. The van der Waals surface area contributed by atoms with Gasteiger partial charge in [-0.15, -0.1) is 0 Å². The number of amides is 1. The second-order valence-corrected chi connectivity index (χ2v) is 5.32. The molecule has 108 valence electrons. The first-order chi connectivity index (χ1) is 9.56. The number of benzene rings is 1. The number of hydrogen-bond acceptors (Lipinski definition) is 3.